The molecule has 0 amide bonds. The molecule has 1 aliphatic carbocycles. The van der Waals surface area contributed by atoms with E-state index < -0.39 is 20.7 Å². The quantitative estimate of drug-likeness (QED) is 0.820. The molecule has 1 aliphatic rings. The number of rotatable bonds is 4. The molecule has 2 rings (SSSR count). The predicted octanol–water partition coefficient (Wildman–Crippen LogP) is 2.64. The Bertz CT molecular complexity index is 600. The summed E-state index contributed by atoms with van der Waals surface area (Å²) in [5.41, 5.74) is 5.78. The van der Waals surface area contributed by atoms with Crippen LogP contribution in [0.5, 0.6) is 0 Å². The number of hydrogen-bond acceptors (Lipinski definition) is 3. The van der Waals surface area contributed by atoms with Crippen LogP contribution in [0, 0.1) is 11.2 Å². The number of hydrogen-bond donors (Lipinski definition) is 2. The Balaban J connectivity index is 2.22. The van der Waals surface area contributed by atoms with Crippen molar-refractivity contribution in [1.29, 1.82) is 0 Å². The standard InChI is InChI=1S/C12H16BrFN2O2S/c1-12(3-2-4-12)7-16-19(17,18)11-6-10(15)8(13)5-9(11)14/h5-6,16H,2-4,7,15H2,1H3. The van der Waals surface area contributed by atoms with Gasteiger partial charge in [-0.05, 0) is 46.3 Å². The molecule has 0 saturated heterocycles. The SMILES string of the molecule is CC1(CNS(=O)(=O)c2cc(N)c(Br)cc2F)CCC1. The highest BCUT2D eigenvalue weighted by molar-refractivity contribution is 9.10. The first-order chi connectivity index (χ1) is 8.73. The highest BCUT2D eigenvalue weighted by Gasteiger charge is 2.33. The van der Waals surface area contributed by atoms with Crippen LogP contribution in [0.15, 0.2) is 21.5 Å². The molecule has 1 aromatic rings. The Kier molecular flexibility index (Phi) is 3.90. The normalized spacial score (nSPS) is 18.1. The minimum absolute atomic E-state index is 0.00947. The van der Waals surface area contributed by atoms with Gasteiger partial charge in [-0.1, -0.05) is 13.3 Å². The summed E-state index contributed by atoms with van der Waals surface area (Å²) in [4.78, 5) is -0.406. The van der Waals surface area contributed by atoms with Gasteiger partial charge in [0.2, 0.25) is 10.0 Å². The minimum Gasteiger partial charge on any atom is -0.398 e. The molecule has 0 spiro atoms. The number of benzene rings is 1. The maximum Gasteiger partial charge on any atom is 0.243 e. The van der Waals surface area contributed by atoms with Gasteiger partial charge in [-0.15, -0.1) is 0 Å². The van der Waals surface area contributed by atoms with Crippen LogP contribution in [0.4, 0.5) is 10.1 Å². The molecule has 1 fully saturated rings. The maximum absolute atomic E-state index is 13.7. The van der Waals surface area contributed by atoms with Gasteiger partial charge in [0.1, 0.15) is 10.7 Å². The van der Waals surface area contributed by atoms with Crippen molar-refractivity contribution in [2.75, 3.05) is 12.3 Å². The number of sulfonamides is 1. The Morgan fingerprint density at radius 2 is 2.11 bits per heavy atom. The number of halogens is 2. The largest absolute Gasteiger partial charge is 0.398 e. The van der Waals surface area contributed by atoms with Crippen molar-refractivity contribution in [2.24, 2.45) is 5.41 Å². The van der Waals surface area contributed by atoms with E-state index in [-0.39, 0.29) is 11.1 Å². The first-order valence-electron chi connectivity index (χ1n) is 5.98. The lowest BCUT2D eigenvalue weighted by Gasteiger charge is -2.38. The molecule has 0 radical (unpaired) electrons. The third-order valence-electron chi connectivity index (χ3n) is 3.59. The van der Waals surface area contributed by atoms with Gasteiger partial charge in [0.15, 0.2) is 0 Å². The van der Waals surface area contributed by atoms with E-state index in [9.17, 15) is 12.8 Å². The van der Waals surface area contributed by atoms with E-state index in [4.69, 9.17) is 5.73 Å². The van der Waals surface area contributed by atoms with Crippen LogP contribution >= 0.6 is 15.9 Å². The molecule has 3 N–H and O–H groups in total. The summed E-state index contributed by atoms with van der Waals surface area (Å²) in [7, 11) is -3.87. The molecular formula is C12H16BrFN2O2S. The molecule has 4 nitrogen and oxygen atoms in total. The van der Waals surface area contributed by atoms with Crippen LogP contribution in [0.3, 0.4) is 0 Å². The molecule has 1 aromatic carbocycles. The zero-order chi connectivity index (χ0) is 14.3. The zero-order valence-electron chi connectivity index (χ0n) is 10.5. The summed E-state index contributed by atoms with van der Waals surface area (Å²) < 4.78 is 40.7. The van der Waals surface area contributed by atoms with Crippen LogP contribution < -0.4 is 10.5 Å². The van der Waals surface area contributed by atoms with Crippen molar-refractivity contribution in [3.63, 3.8) is 0 Å². The van der Waals surface area contributed by atoms with Crippen LogP contribution in [0.2, 0.25) is 0 Å². The van der Waals surface area contributed by atoms with Crippen LogP contribution in [-0.4, -0.2) is 15.0 Å². The first kappa shape index (κ1) is 14.7. The average molecular weight is 351 g/mol. The van der Waals surface area contributed by atoms with E-state index in [0.717, 1.165) is 31.4 Å². The summed E-state index contributed by atoms with van der Waals surface area (Å²) in [6.45, 7) is 2.34. The van der Waals surface area contributed by atoms with Crippen molar-refractivity contribution in [3.05, 3.63) is 22.4 Å². The lowest BCUT2D eigenvalue weighted by molar-refractivity contribution is 0.166. The molecule has 0 unspecified atom stereocenters. The van der Waals surface area contributed by atoms with Gasteiger partial charge in [-0.25, -0.2) is 17.5 Å². The number of nitrogens with one attached hydrogen (secondary N) is 1. The second kappa shape index (κ2) is 5.03. The van der Waals surface area contributed by atoms with E-state index in [0.29, 0.717) is 11.0 Å². The van der Waals surface area contributed by atoms with E-state index in [1.165, 1.54) is 0 Å². The van der Waals surface area contributed by atoms with Gasteiger partial charge in [-0.2, -0.15) is 0 Å². The lowest BCUT2D eigenvalue weighted by atomic mass is 9.71. The number of nitrogens with two attached hydrogens (primary N) is 1. The third-order valence-corrected chi connectivity index (χ3v) is 5.69. The van der Waals surface area contributed by atoms with Gasteiger partial charge in [0.05, 0.1) is 0 Å². The van der Waals surface area contributed by atoms with Crippen molar-refractivity contribution in [1.82, 2.24) is 4.72 Å². The molecule has 106 valence electrons. The molecule has 0 atom stereocenters. The fraction of sp³-hybridized carbons (Fsp3) is 0.500. The zero-order valence-corrected chi connectivity index (χ0v) is 12.9. The van der Waals surface area contributed by atoms with Crippen LogP contribution in [0.25, 0.3) is 0 Å². The Morgan fingerprint density at radius 3 is 2.63 bits per heavy atom. The highest BCUT2D eigenvalue weighted by Crippen LogP contribution is 2.39. The molecule has 1 saturated carbocycles. The van der Waals surface area contributed by atoms with E-state index in [2.05, 4.69) is 20.7 Å². The molecular weight excluding hydrogens is 335 g/mol. The lowest BCUT2D eigenvalue weighted by Crippen LogP contribution is -2.40. The Morgan fingerprint density at radius 1 is 1.47 bits per heavy atom. The molecule has 0 bridgehead atoms. The summed E-state index contributed by atoms with van der Waals surface area (Å²) in [5.74, 6) is -0.813. The predicted molar refractivity (Wildman–Crippen MR) is 75.7 cm³/mol. The molecule has 0 aromatic heterocycles. The fourth-order valence-corrected chi connectivity index (χ4v) is 3.66. The minimum atomic E-state index is -3.87. The topological polar surface area (TPSA) is 72.2 Å². The fourth-order valence-electron chi connectivity index (χ4n) is 2.05. The van der Waals surface area contributed by atoms with E-state index in [1.807, 2.05) is 6.92 Å². The van der Waals surface area contributed by atoms with Crippen molar-refractivity contribution < 1.29 is 12.8 Å². The summed E-state index contributed by atoms with van der Waals surface area (Å²) in [6.07, 6.45) is 3.08. The van der Waals surface area contributed by atoms with Crippen molar-refractivity contribution >= 4 is 31.6 Å². The van der Waals surface area contributed by atoms with Crippen molar-refractivity contribution in [2.45, 2.75) is 31.1 Å². The Hall–Kier alpha value is -0.660. The molecule has 0 aliphatic heterocycles. The maximum atomic E-state index is 13.7. The van der Waals surface area contributed by atoms with E-state index >= 15 is 0 Å². The first-order valence-corrected chi connectivity index (χ1v) is 8.25. The molecule has 0 heterocycles. The van der Waals surface area contributed by atoms with Gasteiger partial charge in [0, 0.05) is 16.7 Å². The van der Waals surface area contributed by atoms with Crippen LogP contribution in [0.1, 0.15) is 26.2 Å². The van der Waals surface area contributed by atoms with Gasteiger partial charge in [0.25, 0.3) is 0 Å². The summed E-state index contributed by atoms with van der Waals surface area (Å²) in [6, 6.07) is 2.19. The monoisotopic (exact) mass is 350 g/mol. The van der Waals surface area contributed by atoms with Crippen molar-refractivity contribution in [3.8, 4) is 0 Å². The smallest absolute Gasteiger partial charge is 0.243 e. The summed E-state index contributed by atoms with van der Waals surface area (Å²) in [5, 5.41) is 0. The van der Waals surface area contributed by atoms with Gasteiger partial charge in [-0.3, -0.25) is 0 Å². The third kappa shape index (κ3) is 3.09. The second-order valence-electron chi connectivity index (χ2n) is 5.29. The van der Waals surface area contributed by atoms with E-state index in [1.54, 1.807) is 0 Å². The summed E-state index contributed by atoms with van der Waals surface area (Å²) >= 11 is 3.06. The second-order valence-corrected chi connectivity index (χ2v) is 7.88. The Labute approximate surface area is 120 Å². The van der Waals surface area contributed by atoms with Crippen LogP contribution in [-0.2, 0) is 10.0 Å². The average Bonchev–Trinajstić information content (AvgIpc) is 2.28. The van der Waals surface area contributed by atoms with Gasteiger partial charge < -0.3 is 5.73 Å². The molecule has 19 heavy (non-hydrogen) atoms. The molecule has 7 heteroatoms. The number of nitrogen functional groups attached to an aromatic ring is 1. The van der Waals surface area contributed by atoms with Gasteiger partial charge >= 0.3 is 0 Å². The number of anilines is 1. The highest BCUT2D eigenvalue weighted by atomic mass is 79.9.